The number of imide groups is 1. The summed E-state index contributed by atoms with van der Waals surface area (Å²) in [6.07, 6.45) is 0. The second-order valence-electron chi connectivity index (χ2n) is 6.18. The molecule has 3 rings (SSSR count). The average Bonchev–Trinajstić information content (AvgIpc) is 2.99. The predicted octanol–water partition coefficient (Wildman–Crippen LogP) is 3.67. The zero-order chi connectivity index (χ0) is 18.4. The van der Waals surface area contributed by atoms with Crippen LogP contribution in [0.25, 0.3) is 0 Å². The Balaban J connectivity index is 1.88. The van der Waals surface area contributed by atoms with Crippen LogP contribution in [0, 0.1) is 13.8 Å². The van der Waals surface area contributed by atoms with Crippen molar-refractivity contribution in [1.82, 2.24) is 10.2 Å². The molecule has 5 nitrogen and oxygen atoms in total. The van der Waals surface area contributed by atoms with Crippen LogP contribution in [0.3, 0.4) is 0 Å². The van der Waals surface area contributed by atoms with Gasteiger partial charge in [0.25, 0.3) is 5.91 Å². The number of hydrogen-bond donors (Lipinski definition) is 1. The van der Waals surface area contributed by atoms with Gasteiger partial charge in [0.15, 0.2) is 5.78 Å². The molecular weight excluding hydrogens is 360 g/mol. The lowest BCUT2D eigenvalue weighted by atomic mass is 9.92. The average molecular weight is 377 g/mol. The topological polar surface area (TPSA) is 66.5 Å². The van der Waals surface area contributed by atoms with Crippen molar-refractivity contribution >= 4 is 40.7 Å². The van der Waals surface area contributed by atoms with Gasteiger partial charge in [-0.05, 0) is 32.9 Å². The van der Waals surface area contributed by atoms with E-state index in [0.717, 1.165) is 14.7 Å². The molecule has 0 bridgehead atoms. The van der Waals surface area contributed by atoms with E-state index in [1.807, 2.05) is 13.8 Å². The lowest BCUT2D eigenvalue weighted by molar-refractivity contribution is -0.130. The minimum absolute atomic E-state index is 0.256. The van der Waals surface area contributed by atoms with E-state index in [2.05, 4.69) is 5.32 Å². The van der Waals surface area contributed by atoms with Gasteiger partial charge in [-0.2, -0.15) is 0 Å². The maximum Gasteiger partial charge on any atom is 0.325 e. The molecule has 25 heavy (non-hydrogen) atoms. The quantitative estimate of drug-likeness (QED) is 0.654. The standard InChI is InChI=1S/C18H17ClN2O3S/c1-10-8-12(11(2)25-10)15(22)9-21-16(23)18(3,20-17(21)24)13-6-4-5-7-14(13)19/h4-8H,9H2,1-3H3,(H,20,24)/t18-/m0/s1. The largest absolute Gasteiger partial charge is 0.325 e. The molecule has 0 spiro atoms. The van der Waals surface area contributed by atoms with Gasteiger partial charge in [-0.3, -0.25) is 14.5 Å². The van der Waals surface area contributed by atoms with Gasteiger partial charge in [0.05, 0.1) is 6.54 Å². The first-order chi connectivity index (χ1) is 11.7. The number of nitrogens with one attached hydrogen (secondary N) is 1. The highest BCUT2D eigenvalue weighted by Gasteiger charge is 2.50. The maximum atomic E-state index is 12.9. The molecule has 1 saturated heterocycles. The number of nitrogens with zero attached hydrogens (tertiary/aromatic N) is 1. The minimum Gasteiger partial charge on any atom is -0.319 e. The number of aryl methyl sites for hydroxylation is 2. The lowest BCUT2D eigenvalue weighted by Gasteiger charge is -2.23. The van der Waals surface area contributed by atoms with Gasteiger partial charge in [0.1, 0.15) is 5.54 Å². The van der Waals surface area contributed by atoms with Crippen molar-refractivity contribution in [2.24, 2.45) is 0 Å². The van der Waals surface area contributed by atoms with E-state index in [4.69, 9.17) is 11.6 Å². The van der Waals surface area contributed by atoms with Gasteiger partial charge >= 0.3 is 6.03 Å². The number of carbonyl (C=O) groups is 3. The predicted molar refractivity (Wildman–Crippen MR) is 97.2 cm³/mol. The number of hydrogen-bond acceptors (Lipinski definition) is 4. The third-order valence-electron chi connectivity index (χ3n) is 4.33. The van der Waals surface area contributed by atoms with Crippen LogP contribution in [-0.2, 0) is 10.3 Å². The fourth-order valence-corrected chi connectivity index (χ4v) is 4.29. The Morgan fingerprint density at radius 1 is 1.28 bits per heavy atom. The number of thiophene rings is 1. The van der Waals surface area contributed by atoms with Crippen LogP contribution in [0.15, 0.2) is 30.3 Å². The molecule has 1 aliphatic rings. The number of halogens is 1. The molecule has 0 aliphatic carbocycles. The highest BCUT2D eigenvalue weighted by molar-refractivity contribution is 7.12. The molecule has 0 unspecified atom stereocenters. The third kappa shape index (κ3) is 2.96. The first-order valence-corrected chi connectivity index (χ1v) is 8.93. The molecule has 130 valence electrons. The number of ketones is 1. The molecule has 3 amide bonds. The summed E-state index contributed by atoms with van der Waals surface area (Å²) in [5.74, 6) is -0.739. The van der Waals surface area contributed by atoms with E-state index in [1.54, 1.807) is 37.3 Å². The first kappa shape index (κ1) is 17.6. The fraction of sp³-hybridized carbons (Fsp3) is 0.278. The van der Waals surface area contributed by atoms with Crippen LogP contribution < -0.4 is 5.32 Å². The first-order valence-electron chi connectivity index (χ1n) is 7.73. The Morgan fingerprint density at radius 3 is 2.56 bits per heavy atom. The second-order valence-corrected chi connectivity index (χ2v) is 8.04. The number of rotatable bonds is 4. The number of benzene rings is 1. The molecular formula is C18H17ClN2O3S. The van der Waals surface area contributed by atoms with Gasteiger partial charge in [-0.15, -0.1) is 11.3 Å². The van der Waals surface area contributed by atoms with Crippen molar-refractivity contribution < 1.29 is 14.4 Å². The fourth-order valence-electron chi connectivity index (χ4n) is 3.03. The lowest BCUT2D eigenvalue weighted by Crippen LogP contribution is -2.41. The highest BCUT2D eigenvalue weighted by atomic mass is 35.5. The summed E-state index contributed by atoms with van der Waals surface area (Å²) >= 11 is 7.71. The van der Waals surface area contributed by atoms with Crippen molar-refractivity contribution in [3.05, 3.63) is 56.2 Å². The van der Waals surface area contributed by atoms with Gasteiger partial charge in [-0.25, -0.2) is 4.79 Å². The molecule has 0 saturated carbocycles. The van der Waals surface area contributed by atoms with Crippen LogP contribution in [0.5, 0.6) is 0 Å². The number of carbonyl (C=O) groups excluding carboxylic acids is 3. The van der Waals surface area contributed by atoms with Gasteiger partial charge < -0.3 is 5.32 Å². The molecule has 0 radical (unpaired) electrons. The monoisotopic (exact) mass is 376 g/mol. The number of urea groups is 1. The molecule has 2 heterocycles. The van der Waals surface area contributed by atoms with Crippen LogP contribution in [-0.4, -0.2) is 29.2 Å². The van der Waals surface area contributed by atoms with Gasteiger partial charge in [-0.1, -0.05) is 29.8 Å². The SMILES string of the molecule is Cc1cc(C(=O)CN2C(=O)N[C@@](C)(c3ccccc3Cl)C2=O)c(C)s1. The maximum absolute atomic E-state index is 12.9. The van der Waals surface area contributed by atoms with E-state index in [1.165, 1.54) is 11.3 Å². The van der Waals surface area contributed by atoms with Crippen molar-refractivity contribution in [3.63, 3.8) is 0 Å². The van der Waals surface area contributed by atoms with E-state index in [-0.39, 0.29) is 12.3 Å². The second kappa shape index (κ2) is 6.28. The number of amides is 3. The van der Waals surface area contributed by atoms with Crippen LogP contribution in [0.2, 0.25) is 5.02 Å². The summed E-state index contributed by atoms with van der Waals surface area (Å²) in [4.78, 5) is 40.6. The minimum atomic E-state index is -1.28. The van der Waals surface area contributed by atoms with Crippen molar-refractivity contribution in [3.8, 4) is 0 Å². The summed E-state index contributed by atoms with van der Waals surface area (Å²) < 4.78 is 0. The smallest absolute Gasteiger partial charge is 0.319 e. The zero-order valence-corrected chi connectivity index (χ0v) is 15.6. The summed E-state index contributed by atoms with van der Waals surface area (Å²) in [6, 6.07) is 8.04. The van der Waals surface area contributed by atoms with E-state index < -0.39 is 17.5 Å². The molecule has 1 N–H and O–H groups in total. The van der Waals surface area contributed by atoms with Crippen molar-refractivity contribution in [2.45, 2.75) is 26.3 Å². The van der Waals surface area contributed by atoms with E-state index in [0.29, 0.717) is 16.1 Å². The zero-order valence-electron chi connectivity index (χ0n) is 14.1. The Bertz CT molecular complexity index is 892. The normalized spacial score (nSPS) is 20.1. The molecule has 1 aromatic heterocycles. The Morgan fingerprint density at radius 2 is 1.96 bits per heavy atom. The van der Waals surface area contributed by atoms with E-state index in [9.17, 15) is 14.4 Å². The van der Waals surface area contributed by atoms with Crippen molar-refractivity contribution in [2.75, 3.05) is 6.54 Å². The summed E-state index contributed by atoms with van der Waals surface area (Å²) in [7, 11) is 0. The Kier molecular flexibility index (Phi) is 4.43. The molecule has 1 aromatic carbocycles. The Labute approximate surface area is 154 Å². The van der Waals surface area contributed by atoms with Gasteiger partial charge in [0, 0.05) is 25.9 Å². The summed E-state index contributed by atoms with van der Waals surface area (Å²) in [5.41, 5.74) is -0.225. The van der Waals surface area contributed by atoms with E-state index >= 15 is 0 Å². The molecule has 2 aromatic rings. The van der Waals surface area contributed by atoms with Crippen molar-refractivity contribution in [1.29, 1.82) is 0 Å². The van der Waals surface area contributed by atoms with Crippen LogP contribution in [0.4, 0.5) is 4.79 Å². The third-order valence-corrected chi connectivity index (χ3v) is 5.63. The summed E-state index contributed by atoms with van der Waals surface area (Å²) in [6.45, 7) is 5.07. The molecule has 7 heteroatoms. The van der Waals surface area contributed by atoms with Crippen LogP contribution in [0.1, 0.15) is 32.6 Å². The highest BCUT2D eigenvalue weighted by Crippen LogP contribution is 2.33. The molecule has 1 aliphatic heterocycles. The van der Waals surface area contributed by atoms with Crippen LogP contribution >= 0.6 is 22.9 Å². The number of Topliss-reactive ketones (excluding diaryl/α,β-unsaturated/α-hetero) is 1. The summed E-state index contributed by atoms with van der Waals surface area (Å²) in [5, 5.41) is 3.05. The molecule has 1 fully saturated rings. The Hall–Kier alpha value is -2.18. The van der Waals surface area contributed by atoms with Gasteiger partial charge in [0.2, 0.25) is 0 Å². The molecule has 1 atom stereocenters.